The smallest absolute Gasteiger partial charge is 0.260 e. The van der Waals surface area contributed by atoms with Gasteiger partial charge in [-0.1, -0.05) is 25.4 Å². The molecule has 4 heterocycles. The number of nitrogens with one attached hydrogen (secondary N) is 2. The van der Waals surface area contributed by atoms with Crippen LogP contribution in [0.1, 0.15) is 46.6 Å². The zero-order valence-electron chi connectivity index (χ0n) is 20.8. The maximum atomic E-state index is 13.5. The molecule has 0 spiro atoms. The lowest BCUT2D eigenvalue weighted by Gasteiger charge is -2.17. The van der Waals surface area contributed by atoms with Crippen molar-refractivity contribution in [2.75, 3.05) is 36.8 Å². The highest BCUT2D eigenvalue weighted by molar-refractivity contribution is 6.41. The molecule has 0 aromatic carbocycles. The molecule has 0 radical (unpaired) electrons. The van der Waals surface area contributed by atoms with Gasteiger partial charge in [0.2, 0.25) is 5.95 Å². The summed E-state index contributed by atoms with van der Waals surface area (Å²) in [7, 11) is 1.80. The van der Waals surface area contributed by atoms with Gasteiger partial charge in [0.1, 0.15) is 5.15 Å². The molecular formula is C24H30ClN9O2. The number of aromatic nitrogens is 5. The molecule has 11 nitrogen and oxygen atoms in total. The van der Waals surface area contributed by atoms with Gasteiger partial charge in [0.05, 0.1) is 29.4 Å². The monoisotopic (exact) mass is 511 g/mol. The Morgan fingerprint density at radius 2 is 2.06 bits per heavy atom. The van der Waals surface area contributed by atoms with Crippen molar-refractivity contribution >= 4 is 46.8 Å². The molecule has 0 bridgehead atoms. The highest BCUT2D eigenvalue weighted by Gasteiger charge is 2.37. The first-order valence-electron chi connectivity index (χ1n) is 11.8. The van der Waals surface area contributed by atoms with E-state index in [0.29, 0.717) is 34.8 Å². The number of rotatable bonds is 9. The second kappa shape index (κ2) is 10.5. The molecule has 190 valence electrons. The van der Waals surface area contributed by atoms with Crippen molar-refractivity contribution in [3.8, 4) is 0 Å². The van der Waals surface area contributed by atoms with Crippen molar-refractivity contribution in [1.29, 1.82) is 0 Å². The molecule has 0 saturated heterocycles. The predicted octanol–water partition coefficient (Wildman–Crippen LogP) is 2.24. The number of carbonyl (C=O) groups is 2. The van der Waals surface area contributed by atoms with Gasteiger partial charge >= 0.3 is 0 Å². The van der Waals surface area contributed by atoms with Gasteiger partial charge in [-0.25, -0.2) is 4.98 Å². The van der Waals surface area contributed by atoms with E-state index in [9.17, 15) is 9.59 Å². The molecule has 0 atom stereocenters. The summed E-state index contributed by atoms with van der Waals surface area (Å²) in [6.07, 6.45) is 6.82. The van der Waals surface area contributed by atoms with Crippen LogP contribution in [-0.2, 0) is 18.4 Å². The van der Waals surface area contributed by atoms with Crippen molar-refractivity contribution in [2.24, 2.45) is 7.05 Å². The van der Waals surface area contributed by atoms with Crippen LogP contribution in [0.3, 0.4) is 0 Å². The quantitative estimate of drug-likeness (QED) is 0.296. The molecule has 1 aliphatic rings. The van der Waals surface area contributed by atoms with E-state index in [1.54, 1.807) is 30.2 Å². The summed E-state index contributed by atoms with van der Waals surface area (Å²) in [4.78, 5) is 41.5. The lowest BCUT2D eigenvalue weighted by atomic mass is 10.1. The summed E-state index contributed by atoms with van der Waals surface area (Å²) >= 11 is 6.43. The largest absolute Gasteiger partial charge is 0.368 e. The van der Waals surface area contributed by atoms with Gasteiger partial charge in [0, 0.05) is 43.8 Å². The molecule has 4 N–H and O–H groups in total. The number of nitrogens with two attached hydrogens (primary N) is 1. The Bertz CT molecular complexity index is 1320. The zero-order valence-corrected chi connectivity index (χ0v) is 21.6. The number of hydrogen-bond donors (Lipinski definition) is 3. The maximum absolute atomic E-state index is 13.5. The second-order valence-corrected chi connectivity index (χ2v) is 8.92. The Labute approximate surface area is 214 Å². The van der Waals surface area contributed by atoms with Crippen LogP contribution in [-0.4, -0.2) is 67.6 Å². The Morgan fingerprint density at radius 1 is 1.31 bits per heavy atom. The minimum atomic E-state index is -0.296. The number of amides is 2. The summed E-state index contributed by atoms with van der Waals surface area (Å²) in [6, 6.07) is 0. The number of anilines is 2. The molecule has 0 aliphatic carbocycles. The molecule has 0 fully saturated rings. The summed E-state index contributed by atoms with van der Waals surface area (Å²) in [5.41, 5.74) is 9.23. The van der Waals surface area contributed by atoms with Gasteiger partial charge in [-0.3, -0.25) is 19.2 Å². The van der Waals surface area contributed by atoms with Gasteiger partial charge in [-0.2, -0.15) is 10.1 Å². The van der Waals surface area contributed by atoms with E-state index in [0.717, 1.165) is 30.8 Å². The number of aryl methyl sites for hydroxylation is 1. The highest BCUT2D eigenvalue weighted by Crippen LogP contribution is 2.41. The third-order valence-electron chi connectivity index (χ3n) is 6.28. The fraction of sp³-hybridized carbons (Fsp3) is 0.375. The number of carbonyl (C=O) groups excluding carboxylic acids is 2. The molecule has 3 aromatic rings. The number of H-pyrrole nitrogens is 1. The normalized spacial score (nSPS) is 14.2. The molecule has 2 amide bonds. The minimum absolute atomic E-state index is 0.0243. The van der Waals surface area contributed by atoms with Crippen molar-refractivity contribution in [3.05, 3.63) is 51.7 Å². The number of hydrogen-bond acceptors (Lipinski definition) is 7. The van der Waals surface area contributed by atoms with E-state index >= 15 is 0 Å². The molecule has 1 aliphatic heterocycles. The molecule has 36 heavy (non-hydrogen) atoms. The molecule has 4 rings (SSSR count). The summed E-state index contributed by atoms with van der Waals surface area (Å²) in [5, 5.41) is 7.22. The van der Waals surface area contributed by atoms with E-state index in [4.69, 9.17) is 17.3 Å². The number of halogens is 1. The number of fused-ring (bicyclic) bond motifs is 1. The van der Waals surface area contributed by atoms with Gasteiger partial charge in [0.25, 0.3) is 11.8 Å². The van der Waals surface area contributed by atoms with Crippen LogP contribution in [0.5, 0.6) is 0 Å². The van der Waals surface area contributed by atoms with Crippen molar-refractivity contribution in [2.45, 2.75) is 27.3 Å². The van der Waals surface area contributed by atoms with Crippen LogP contribution in [0.2, 0.25) is 5.15 Å². The van der Waals surface area contributed by atoms with E-state index in [-0.39, 0.29) is 29.5 Å². The summed E-state index contributed by atoms with van der Waals surface area (Å²) in [6.45, 7) is 9.44. The lowest BCUT2D eigenvalue weighted by Crippen LogP contribution is -2.34. The number of likely N-dealkylation sites (N-methyl/N-ethyl adjacent to an activating group) is 1. The Kier molecular flexibility index (Phi) is 7.41. The van der Waals surface area contributed by atoms with Crippen LogP contribution in [0.15, 0.2) is 18.6 Å². The van der Waals surface area contributed by atoms with Crippen LogP contribution in [0, 0.1) is 6.92 Å². The minimum Gasteiger partial charge on any atom is -0.368 e. The number of aromatic amines is 1. The first-order chi connectivity index (χ1) is 17.2. The average Bonchev–Trinajstić information content (AvgIpc) is 3.49. The Hall–Kier alpha value is -3.70. The predicted molar refractivity (Wildman–Crippen MR) is 139 cm³/mol. The number of nitrogens with zero attached hydrogens (tertiary/aromatic N) is 6. The third kappa shape index (κ3) is 4.98. The van der Waals surface area contributed by atoms with E-state index in [1.165, 1.54) is 4.90 Å². The van der Waals surface area contributed by atoms with Crippen molar-refractivity contribution in [3.63, 3.8) is 0 Å². The van der Waals surface area contributed by atoms with E-state index in [2.05, 4.69) is 44.1 Å². The van der Waals surface area contributed by atoms with Crippen LogP contribution in [0.25, 0.3) is 11.6 Å². The third-order valence-corrected chi connectivity index (χ3v) is 6.56. The SMILES string of the molecule is CCN(CC)CCNC(=O)c1c[nH]c(/C=C2\C(=O)N(Cc3cnn(C)c3)c3nc(N)nc(Cl)c32)c1C. The zero-order chi connectivity index (χ0) is 26.0. The molecule has 0 saturated carbocycles. The summed E-state index contributed by atoms with van der Waals surface area (Å²) < 4.78 is 1.66. The lowest BCUT2D eigenvalue weighted by molar-refractivity contribution is -0.113. The van der Waals surface area contributed by atoms with E-state index < -0.39 is 0 Å². The van der Waals surface area contributed by atoms with Gasteiger partial charge < -0.3 is 20.9 Å². The Balaban J connectivity index is 1.62. The number of nitrogen functional groups attached to an aromatic ring is 1. The fourth-order valence-corrected chi connectivity index (χ4v) is 4.51. The van der Waals surface area contributed by atoms with Crippen LogP contribution in [0.4, 0.5) is 11.8 Å². The molecule has 12 heteroatoms. The fourth-order valence-electron chi connectivity index (χ4n) is 4.23. The standard InChI is InChI=1S/C24H30ClN9O2/c1-5-33(6-2)8-7-27-22(35)17-11-28-18(14(17)3)9-16-19-20(25)30-24(26)31-21(19)34(23(16)36)13-15-10-29-32(4)12-15/h9-12,28H,5-8,13H2,1-4H3,(H,27,35)(H2,26,30,31)/b16-9-. The highest BCUT2D eigenvalue weighted by atomic mass is 35.5. The molecular weight excluding hydrogens is 482 g/mol. The topological polar surface area (TPSA) is 138 Å². The van der Waals surface area contributed by atoms with Crippen LogP contribution < -0.4 is 16.0 Å². The van der Waals surface area contributed by atoms with Crippen LogP contribution >= 0.6 is 11.6 Å². The maximum Gasteiger partial charge on any atom is 0.260 e. The first kappa shape index (κ1) is 25.4. The van der Waals surface area contributed by atoms with Gasteiger partial charge in [-0.15, -0.1) is 0 Å². The van der Waals surface area contributed by atoms with Crippen molar-refractivity contribution in [1.82, 2.24) is 34.9 Å². The van der Waals surface area contributed by atoms with Crippen molar-refractivity contribution < 1.29 is 9.59 Å². The Morgan fingerprint density at radius 3 is 2.72 bits per heavy atom. The van der Waals surface area contributed by atoms with E-state index in [1.807, 2.05) is 13.1 Å². The average molecular weight is 512 g/mol. The van der Waals surface area contributed by atoms with Gasteiger partial charge in [-0.05, 0) is 31.7 Å². The summed E-state index contributed by atoms with van der Waals surface area (Å²) in [5.74, 6) is -0.157. The second-order valence-electron chi connectivity index (χ2n) is 8.57. The molecule has 0 unspecified atom stereocenters. The first-order valence-corrected chi connectivity index (χ1v) is 12.1. The molecule has 3 aromatic heterocycles. The van der Waals surface area contributed by atoms with Gasteiger partial charge in [0.15, 0.2) is 5.82 Å².